The third kappa shape index (κ3) is 4.60. The van der Waals surface area contributed by atoms with Crippen molar-refractivity contribution in [3.63, 3.8) is 0 Å². The molecular weight excluding hydrogens is 302 g/mol. The smallest absolute Gasteiger partial charge is 0.317 e. The fourth-order valence-corrected chi connectivity index (χ4v) is 2.17. The fourth-order valence-electron chi connectivity index (χ4n) is 2.17. The molecule has 0 spiro atoms. The predicted octanol–water partition coefficient (Wildman–Crippen LogP) is -3.06. The molecule has 0 aliphatic carbocycles. The molecule has 0 bridgehead atoms. The average molecular weight is 323 g/mol. The molecule has 7 N–H and O–H groups in total. The number of aliphatic hydroxyl groups excluding tert-OH is 4. The van der Waals surface area contributed by atoms with Crippen LogP contribution in [0.15, 0.2) is 0 Å². The van der Waals surface area contributed by atoms with Crippen LogP contribution in [0.25, 0.3) is 0 Å². The summed E-state index contributed by atoms with van der Waals surface area (Å²) in [5, 5.41) is 58.0. The lowest BCUT2D eigenvalue weighted by Gasteiger charge is -2.40. The Balaban J connectivity index is 2.43. The van der Waals surface area contributed by atoms with Gasteiger partial charge in [-0.15, -0.1) is 0 Å². The molecule has 10 heteroatoms. The van der Waals surface area contributed by atoms with Crippen molar-refractivity contribution in [2.24, 2.45) is 5.92 Å². The van der Waals surface area contributed by atoms with Crippen LogP contribution >= 0.6 is 0 Å². The summed E-state index contributed by atoms with van der Waals surface area (Å²) in [6, 6.07) is 0. The third-order valence-corrected chi connectivity index (χ3v) is 3.50. The van der Waals surface area contributed by atoms with Crippen molar-refractivity contribution in [3.8, 4) is 0 Å². The lowest BCUT2D eigenvalue weighted by atomic mass is 9.98. The van der Waals surface area contributed by atoms with E-state index in [-0.39, 0.29) is 19.4 Å². The van der Waals surface area contributed by atoms with E-state index in [0.717, 1.165) is 0 Å². The van der Waals surface area contributed by atoms with Gasteiger partial charge in [-0.2, -0.15) is 0 Å². The topological polar surface area (TPSA) is 177 Å². The predicted molar refractivity (Wildman–Crippen MR) is 69.8 cm³/mol. The second-order valence-corrected chi connectivity index (χ2v) is 5.07. The van der Waals surface area contributed by atoms with Gasteiger partial charge in [0, 0.05) is 0 Å². The third-order valence-electron chi connectivity index (χ3n) is 3.50. The van der Waals surface area contributed by atoms with Gasteiger partial charge in [0.05, 0.1) is 6.61 Å². The van der Waals surface area contributed by atoms with Crippen molar-refractivity contribution in [2.75, 3.05) is 13.2 Å². The number of nitrogens with one attached hydrogen (secondary N) is 1. The number of rotatable bonds is 8. The minimum absolute atomic E-state index is 0.116. The van der Waals surface area contributed by atoms with Gasteiger partial charge in [-0.25, -0.2) is 0 Å². The zero-order chi connectivity index (χ0) is 16.9. The zero-order valence-electron chi connectivity index (χ0n) is 11.7. The minimum atomic E-state index is -1.52. The van der Waals surface area contributed by atoms with Crippen LogP contribution in [0.4, 0.5) is 0 Å². The summed E-state index contributed by atoms with van der Waals surface area (Å²) in [6.07, 6.45) is -6.44. The molecule has 1 heterocycles. The molecule has 1 rings (SSSR count). The molecule has 5 atom stereocenters. The summed E-state index contributed by atoms with van der Waals surface area (Å²) >= 11 is 0. The Labute approximate surface area is 125 Å². The van der Waals surface area contributed by atoms with Gasteiger partial charge in [0.1, 0.15) is 30.6 Å². The molecule has 10 nitrogen and oxygen atoms in total. The Morgan fingerprint density at radius 2 is 1.64 bits per heavy atom. The van der Waals surface area contributed by atoms with Crippen LogP contribution in [0.5, 0.6) is 0 Å². The molecule has 1 fully saturated rings. The van der Waals surface area contributed by atoms with Crippen LogP contribution in [0.3, 0.4) is 0 Å². The molecule has 0 amide bonds. The molecule has 0 aromatic heterocycles. The Kier molecular flexibility index (Phi) is 7.13. The second-order valence-electron chi connectivity index (χ2n) is 5.07. The van der Waals surface area contributed by atoms with E-state index in [2.05, 4.69) is 5.32 Å². The van der Waals surface area contributed by atoms with Crippen molar-refractivity contribution in [3.05, 3.63) is 0 Å². The summed E-state index contributed by atoms with van der Waals surface area (Å²) in [5.41, 5.74) is 0. The highest BCUT2D eigenvalue weighted by atomic mass is 16.6. The summed E-state index contributed by atoms with van der Waals surface area (Å²) in [4.78, 5) is 21.4. The number of aliphatic hydroxyl groups is 4. The average Bonchev–Trinajstić information content (AvgIpc) is 2.45. The molecule has 0 aromatic rings. The summed E-state index contributed by atoms with van der Waals surface area (Å²) in [7, 11) is 0. The van der Waals surface area contributed by atoms with Crippen molar-refractivity contribution in [2.45, 2.75) is 43.5 Å². The summed E-state index contributed by atoms with van der Waals surface area (Å²) in [5.74, 6) is -4.38. The molecule has 0 aromatic carbocycles. The minimum Gasteiger partial charge on any atom is -0.481 e. The van der Waals surface area contributed by atoms with Gasteiger partial charge in [-0.3, -0.25) is 14.9 Å². The fraction of sp³-hybridized carbons (Fsp3) is 0.833. The Hall–Kier alpha value is -1.30. The van der Waals surface area contributed by atoms with E-state index in [1.807, 2.05) is 0 Å². The van der Waals surface area contributed by atoms with Crippen molar-refractivity contribution >= 4 is 11.9 Å². The summed E-state index contributed by atoms with van der Waals surface area (Å²) < 4.78 is 5.18. The van der Waals surface area contributed by atoms with Crippen molar-refractivity contribution in [1.29, 1.82) is 0 Å². The largest absolute Gasteiger partial charge is 0.481 e. The Bertz CT molecular complexity index is 375. The van der Waals surface area contributed by atoms with Gasteiger partial charge < -0.3 is 35.4 Å². The molecule has 1 saturated heterocycles. The van der Waals surface area contributed by atoms with E-state index in [9.17, 15) is 24.9 Å². The molecular formula is C12H21NO9. The number of ether oxygens (including phenoxy) is 1. The highest BCUT2D eigenvalue weighted by Gasteiger charge is 2.43. The van der Waals surface area contributed by atoms with E-state index in [1.165, 1.54) is 0 Å². The van der Waals surface area contributed by atoms with E-state index < -0.39 is 55.1 Å². The first-order chi connectivity index (χ1) is 10.3. The molecule has 22 heavy (non-hydrogen) atoms. The van der Waals surface area contributed by atoms with Gasteiger partial charge in [0.25, 0.3) is 0 Å². The zero-order valence-corrected chi connectivity index (χ0v) is 11.7. The molecule has 0 unspecified atom stereocenters. The first-order valence-corrected chi connectivity index (χ1v) is 6.79. The number of carbonyl (C=O) groups is 2. The van der Waals surface area contributed by atoms with Crippen molar-refractivity contribution in [1.82, 2.24) is 5.32 Å². The number of hydrogen-bond acceptors (Lipinski definition) is 8. The van der Waals surface area contributed by atoms with E-state index in [4.69, 9.17) is 20.1 Å². The number of carboxylic acid groups (broad SMARTS) is 2. The van der Waals surface area contributed by atoms with Gasteiger partial charge in [0.15, 0.2) is 5.92 Å². The van der Waals surface area contributed by atoms with Crippen LogP contribution in [0.1, 0.15) is 12.8 Å². The molecule has 0 saturated carbocycles. The maximum Gasteiger partial charge on any atom is 0.317 e. The van der Waals surface area contributed by atoms with Crippen LogP contribution in [-0.2, 0) is 14.3 Å². The lowest BCUT2D eigenvalue weighted by Crippen LogP contribution is -2.62. The highest BCUT2D eigenvalue weighted by Crippen LogP contribution is 2.19. The van der Waals surface area contributed by atoms with E-state index in [1.54, 1.807) is 0 Å². The number of carboxylic acids is 2. The molecule has 128 valence electrons. The van der Waals surface area contributed by atoms with Gasteiger partial charge in [0.2, 0.25) is 0 Å². The molecule has 1 aliphatic rings. The van der Waals surface area contributed by atoms with E-state index in [0.29, 0.717) is 0 Å². The van der Waals surface area contributed by atoms with Gasteiger partial charge in [-0.1, -0.05) is 0 Å². The quantitative estimate of drug-likeness (QED) is 0.179. The first kappa shape index (κ1) is 18.7. The maximum atomic E-state index is 10.7. The SMILES string of the molecule is O=C(O)C(CCCN[C@@H]1O[C@H](CO)[C@H](O)[C@H](O)[C@H]1O)C(=O)O. The number of aliphatic carboxylic acids is 2. The summed E-state index contributed by atoms with van der Waals surface area (Å²) in [6.45, 7) is -0.428. The van der Waals surface area contributed by atoms with Crippen LogP contribution < -0.4 is 5.32 Å². The van der Waals surface area contributed by atoms with Crippen molar-refractivity contribution < 1.29 is 45.0 Å². The number of hydrogen-bond donors (Lipinski definition) is 7. The first-order valence-electron chi connectivity index (χ1n) is 6.79. The van der Waals surface area contributed by atoms with E-state index >= 15 is 0 Å². The second kappa shape index (κ2) is 8.36. The van der Waals surface area contributed by atoms with Gasteiger partial charge >= 0.3 is 11.9 Å². The lowest BCUT2D eigenvalue weighted by molar-refractivity contribution is -0.236. The van der Waals surface area contributed by atoms with Crippen LogP contribution in [-0.4, -0.2) is 86.4 Å². The van der Waals surface area contributed by atoms with Crippen LogP contribution in [0.2, 0.25) is 0 Å². The molecule has 1 aliphatic heterocycles. The monoisotopic (exact) mass is 323 g/mol. The van der Waals surface area contributed by atoms with Crippen LogP contribution in [0, 0.1) is 5.92 Å². The Morgan fingerprint density at radius 3 is 2.14 bits per heavy atom. The molecule has 0 radical (unpaired) electrons. The normalized spacial score (nSPS) is 32.1. The highest BCUT2D eigenvalue weighted by molar-refractivity contribution is 5.92. The van der Waals surface area contributed by atoms with Gasteiger partial charge in [-0.05, 0) is 19.4 Å². The standard InChI is InChI=1S/C12H21NO9/c14-4-6-7(15)8(16)9(17)10(22-6)13-3-1-2-5(11(18)19)12(20)21/h5-10,13-17H,1-4H2,(H,18,19)(H,20,21)/t6-,7+,8+,9-,10-/m1/s1. The maximum absolute atomic E-state index is 10.7. The Morgan fingerprint density at radius 1 is 1.05 bits per heavy atom.